The minimum atomic E-state index is -0.897. The predicted molar refractivity (Wildman–Crippen MR) is 77.9 cm³/mol. The number of imide groups is 1. The van der Waals surface area contributed by atoms with Gasteiger partial charge in [-0.1, -0.05) is 30.3 Å². The summed E-state index contributed by atoms with van der Waals surface area (Å²) >= 11 is 0. The van der Waals surface area contributed by atoms with Crippen LogP contribution in [-0.4, -0.2) is 43.1 Å². The highest BCUT2D eigenvalue weighted by Crippen LogP contribution is 2.29. The maximum atomic E-state index is 12.4. The van der Waals surface area contributed by atoms with Gasteiger partial charge in [0, 0.05) is 5.92 Å². The lowest BCUT2D eigenvalue weighted by Gasteiger charge is -2.18. The van der Waals surface area contributed by atoms with Gasteiger partial charge < -0.3 is 9.47 Å². The van der Waals surface area contributed by atoms with Gasteiger partial charge in [0.2, 0.25) is 5.91 Å². The molecule has 0 spiro atoms. The monoisotopic (exact) mass is 305 g/mol. The largest absolute Gasteiger partial charge is 0.467 e. The highest BCUT2D eigenvalue weighted by molar-refractivity contribution is 6.00. The van der Waals surface area contributed by atoms with E-state index in [1.54, 1.807) is 0 Å². The number of ether oxygens (including phenoxy) is 2. The van der Waals surface area contributed by atoms with Crippen LogP contribution >= 0.6 is 0 Å². The minimum absolute atomic E-state index is 0.271. The molecule has 0 bridgehead atoms. The number of amides is 2. The molecule has 1 fully saturated rings. The Labute approximate surface area is 129 Å². The van der Waals surface area contributed by atoms with Crippen LogP contribution in [0.2, 0.25) is 0 Å². The SMILES string of the molecule is COC(=O)[C@@H]1C[C@H](CCc2ccccc2)C(=O)N1C(=O)OC. The van der Waals surface area contributed by atoms with Crippen LogP contribution in [0.5, 0.6) is 0 Å². The van der Waals surface area contributed by atoms with E-state index < -0.39 is 18.1 Å². The normalized spacial score (nSPS) is 20.8. The summed E-state index contributed by atoms with van der Waals surface area (Å²) in [6, 6.07) is 8.86. The Morgan fingerprint density at radius 3 is 2.45 bits per heavy atom. The van der Waals surface area contributed by atoms with Crippen LogP contribution in [0.25, 0.3) is 0 Å². The van der Waals surface area contributed by atoms with Gasteiger partial charge in [0.05, 0.1) is 14.2 Å². The summed E-state index contributed by atoms with van der Waals surface area (Å²) in [5, 5.41) is 0. The Bertz CT molecular complexity index is 557. The summed E-state index contributed by atoms with van der Waals surface area (Å²) in [4.78, 5) is 36.8. The van der Waals surface area contributed by atoms with Crippen molar-refractivity contribution in [2.45, 2.75) is 25.3 Å². The molecule has 1 aliphatic rings. The second kappa shape index (κ2) is 7.06. The molecule has 6 heteroatoms. The molecule has 0 radical (unpaired) electrons. The van der Waals surface area contributed by atoms with Crippen LogP contribution in [0.3, 0.4) is 0 Å². The van der Waals surface area contributed by atoms with Crippen molar-refractivity contribution in [3.63, 3.8) is 0 Å². The van der Waals surface area contributed by atoms with Crippen molar-refractivity contribution in [3.8, 4) is 0 Å². The molecule has 1 aliphatic heterocycles. The average molecular weight is 305 g/mol. The molecule has 6 nitrogen and oxygen atoms in total. The van der Waals surface area contributed by atoms with Crippen molar-refractivity contribution < 1.29 is 23.9 Å². The van der Waals surface area contributed by atoms with Crippen LogP contribution in [0.15, 0.2) is 30.3 Å². The third kappa shape index (κ3) is 3.27. The molecule has 1 heterocycles. The van der Waals surface area contributed by atoms with Crippen molar-refractivity contribution in [1.82, 2.24) is 4.90 Å². The van der Waals surface area contributed by atoms with E-state index in [1.165, 1.54) is 14.2 Å². The van der Waals surface area contributed by atoms with Crippen molar-refractivity contribution in [2.24, 2.45) is 5.92 Å². The number of aryl methyl sites for hydroxylation is 1. The number of carbonyl (C=O) groups excluding carboxylic acids is 3. The Kier molecular flexibility index (Phi) is 5.14. The van der Waals surface area contributed by atoms with Gasteiger partial charge >= 0.3 is 12.1 Å². The highest BCUT2D eigenvalue weighted by atomic mass is 16.5. The highest BCUT2D eigenvalue weighted by Gasteiger charge is 2.47. The molecule has 2 rings (SSSR count). The second-order valence-corrected chi connectivity index (χ2v) is 5.17. The summed E-state index contributed by atoms with van der Waals surface area (Å²) in [6.45, 7) is 0. The molecule has 0 aromatic heterocycles. The third-order valence-electron chi connectivity index (χ3n) is 3.88. The summed E-state index contributed by atoms with van der Waals surface area (Å²) < 4.78 is 9.28. The molecule has 0 saturated carbocycles. The minimum Gasteiger partial charge on any atom is -0.467 e. The van der Waals surface area contributed by atoms with Gasteiger partial charge in [-0.05, 0) is 24.8 Å². The fourth-order valence-electron chi connectivity index (χ4n) is 2.71. The molecule has 1 aromatic rings. The first-order valence-electron chi connectivity index (χ1n) is 7.11. The quantitative estimate of drug-likeness (QED) is 0.793. The van der Waals surface area contributed by atoms with Crippen molar-refractivity contribution >= 4 is 18.0 Å². The van der Waals surface area contributed by atoms with E-state index in [0.717, 1.165) is 10.5 Å². The lowest BCUT2D eigenvalue weighted by molar-refractivity contribution is -0.148. The lowest BCUT2D eigenvalue weighted by atomic mass is 9.96. The Balaban J connectivity index is 2.08. The first-order chi connectivity index (χ1) is 10.6. The fraction of sp³-hybridized carbons (Fsp3) is 0.438. The molecule has 2 atom stereocenters. The van der Waals surface area contributed by atoms with Gasteiger partial charge in [-0.2, -0.15) is 0 Å². The number of esters is 1. The van der Waals surface area contributed by atoms with E-state index in [-0.39, 0.29) is 18.2 Å². The maximum Gasteiger partial charge on any atom is 0.417 e. The van der Waals surface area contributed by atoms with Gasteiger partial charge in [0.15, 0.2) is 0 Å². The van der Waals surface area contributed by atoms with Crippen molar-refractivity contribution in [1.29, 1.82) is 0 Å². The molecular formula is C16H19NO5. The number of likely N-dealkylation sites (tertiary alicyclic amines) is 1. The zero-order chi connectivity index (χ0) is 16.1. The van der Waals surface area contributed by atoms with Crippen molar-refractivity contribution in [2.75, 3.05) is 14.2 Å². The zero-order valence-corrected chi connectivity index (χ0v) is 12.7. The van der Waals surface area contributed by atoms with Gasteiger partial charge in [0.1, 0.15) is 6.04 Å². The molecule has 1 saturated heterocycles. The van der Waals surface area contributed by atoms with E-state index in [1.807, 2.05) is 30.3 Å². The van der Waals surface area contributed by atoms with Crippen molar-refractivity contribution in [3.05, 3.63) is 35.9 Å². The Morgan fingerprint density at radius 1 is 1.18 bits per heavy atom. The molecule has 1 aromatic carbocycles. The number of methoxy groups -OCH3 is 2. The number of benzene rings is 1. The molecule has 0 unspecified atom stereocenters. The van der Waals surface area contributed by atoms with Gasteiger partial charge in [-0.3, -0.25) is 4.79 Å². The topological polar surface area (TPSA) is 72.9 Å². The van der Waals surface area contributed by atoms with Gasteiger partial charge in [-0.15, -0.1) is 0 Å². The maximum absolute atomic E-state index is 12.4. The average Bonchev–Trinajstić information content (AvgIpc) is 2.89. The molecule has 0 aliphatic carbocycles. The van der Waals surface area contributed by atoms with E-state index in [4.69, 9.17) is 0 Å². The van der Waals surface area contributed by atoms with Crippen LogP contribution in [-0.2, 0) is 25.5 Å². The predicted octanol–water partition coefficient (Wildman–Crippen LogP) is 1.78. The number of rotatable bonds is 4. The third-order valence-corrected chi connectivity index (χ3v) is 3.88. The Hall–Kier alpha value is -2.37. The van der Waals surface area contributed by atoms with E-state index in [2.05, 4.69) is 9.47 Å². The van der Waals surface area contributed by atoms with E-state index in [0.29, 0.717) is 12.8 Å². The summed E-state index contributed by atoms with van der Waals surface area (Å²) in [5.74, 6) is -1.36. The number of hydrogen-bond acceptors (Lipinski definition) is 5. The zero-order valence-electron chi connectivity index (χ0n) is 12.7. The van der Waals surface area contributed by atoms with E-state index in [9.17, 15) is 14.4 Å². The molecule has 0 N–H and O–H groups in total. The lowest BCUT2D eigenvalue weighted by Crippen LogP contribution is -2.43. The van der Waals surface area contributed by atoms with E-state index >= 15 is 0 Å². The molecule has 2 amide bonds. The molecular weight excluding hydrogens is 286 g/mol. The number of hydrogen-bond donors (Lipinski definition) is 0. The fourth-order valence-corrected chi connectivity index (χ4v) is 2.71. The smallest absolute Gasteiger partial charge is 0.417 e. The van der Waals surface area contributed by atoms with Crippen LogP contribution < -0.4 is 0 Å². The second-order valence-electron chi connectivity index (χ2n) is 5.17. The standard InChI is InChI=1S/C16H19NO5/c1-21-15(19)13-10-12(14(18)17(13)16(20)22-2)9-8-11-6-4-3-5-7-11/h3-7,12-13H,8-10H2,1-2H3/t12-,13-/m0/s1. The number of carbonyl (C=O) groups is 3. The summed E-state index contributed by atoms with van der Waals surface area (Å²) in [5.41, 5.74) is 1.11. The van der Waals surface area contributed by atoms with Crippen LogP contribution in [0.1, 0.15) is 18.4 Å². The van der Waals surface area contributed by atoms with Crippen LogP contribution in [0, 0.1) is 5.92 Å². The molecule has 22 heavy (non-hydrogen) atoms. The Morgan fingerprint density at radius 2 is 1.86 bits per heavy atom. The summed E-state index contributed by atoms with van der Waals surface area (Å²) in [7, 11) is 2.42. The first-order valence-corrected chi connectivity index (χ1v) is 7.11. The first kappa shape index (κ1) is 16.0. The summed E-state index contributed by atoms with van der Waals surface area (Å²) in [6.07, 6.45) is 0.736. The van der Waals surface area contributed by atoms with Gasteiger partial charge in [0.25, 0.3) is 0 Å². The number of nitrogens with zero attached hydrogens (tertiary/aromatic N) is 1. The molecule has 118 valence electrons. The van der Waals surface area contributed by atoms with Gasteiger partial charge in [-0.25, -0.2) is 14.5 Å². The van der Waals surface area contributed by atoms with Crippen LogP contribution in [0.4, 0.5) is 4.79 Å².